The Morgan fingerprint density at radius 3 is 2.59 bits per heavy atom. The van der Waals surface area contributed by atoms with E-state index in [1.807, 2.05) is 32.0 Å². The summed E-state index contributed by atoms with van der Waals surface area (Å²) in [5.74, 6) is 1.54. The number of hydrogen-bond acceptors (Lipinski definition) is 5. The summed E-state index contributed by atoms with van der Waals surface area (Å²) in [6.07, 6.45) is 2.37. The minimum atomic E-state index is -0.254. The SMILES string of the molecule is CC[C@@H](C)c1nc2ccc(Br)cc2c(=O)n1N=Cc1cc(Br)cc(OC)c1OCc1ccc(Cl)cc1Cl. The Labute approximate surface area is 241 Å². The molecule has 0 N–H and O–H groups in total. The topological polar surface area (TPSA) is 65.7 Å². The van der Waals surface area contributed by atoms with Crippen LogP contribution in [0.15, 0.2) is 67.4 Å². The van der Waals surface area contributed by atoms with Gasteiger partial charge in [-0.25, -0.2) is 4.98 Å². The molecular weight excluding hydrogens is 645 g/mol. The quantitative estimate of drug-likeness (QED) is 0.178. The van der Waals surface area contributed by atoms with E-state index in [9.17, 15) is 4.79 Å². The maximum absolute atomic E-state index is 13.5. The van der Waals surface area contributed by atoms with Crippen molar-refractivity contribution in [2.75, 3.05) is 7.11 Å². The molecule has 37 heavy (non-hydrogen) atoms. The van der Waals surface area contributed by atoms with Crippen LogP contribution >= 0.6 is 55.1 Å². The van der Waals surface area contributed by atoms with Crippen LogP contribution < -0.4 is 15.0 Å². The van der Waals surface area contributed by atoms with Crippen molar-refractivity contribution in [3.63, 3.8) is 0 Å². The Hall–Kier alpha value is -2.39. The number of rotatable bonds is 8. The van der Waals surface area contributed by atoms with Gasteiger partial charge in [-0.05, 0) is 48.9 Å². The minimum Gasteiger partial charge on any atom is -0.493 e. The standard InChI is InChI=1S/C27H23Br2Cl2N3O3/c1-4-15(2)26-33-23-8-6-18(28)10-21(23)27(35)34(26)32-13-17-9-19(29)11-24(36-3)25(17)37-14-16-5-7-20(30)12-22(16)31/h5-13,15H,4,14H2,1-3H3/t15-/m1/s1. The predicted octanol–water partition coefficient (Wildman–Crippen LogP) is 8.21. The van der Waals surface area contributed by atoms with E-state index in [2.05, 4.69) is 37.0 Å². The number of nitrogens with zero attached hydrogens (tertiary/aromatic N) is 3. The van der Waals surface area contributed by atoms with E-state index in [-0.39, 0.29) is 18.1 Å². The lowest BCUT2D eigenvalue weighted by atomic mass is 10.1. The van der Waals surface area contributed by atoms with Gasteiger partial charge in [-0.15, -0.1) is 0 Å². The normalized spacial score (nSPS) is 12.3. The summed E-state index contributed by atoms with van der Waals surface area (Å²) in [4.78, 5) is 18.3. The van der Waals surface area contributed by atoms with Gasteiger partial charge in [0.05, 0.1) is 24.2 Å². The maximum atomic E-state index is 13.5. The molecule has 0 amide bonds. The highest BCUT2D eigenvalue weighted by Crippen LogP contribution is 2.35. The lowest BCUT2D eigenvalue weighted by Gasteiger charge is -2.16. The molecule has 0 fully saturated rings. The second kappa shape index (κ2) is 12.0. The molecule has 0 aliphatic heterocycles. The Kier molecular flexibility index (Phi) is 8.95. The first-order valence-electron chi connectivity index (χ1n) is 11.4. The predicted molar refractivity (Wildman–Crippen MR) is 157 cm³/mol. The molecule has 0 saturated carbocycles. The fraction of sp³-hybridized carbons (Fsp3) is 0.222. The van der Waals surface area contributed by atoms with Crippen molar-refractivity contribution < 1.29 is 9.47 Å². The van der Waals surface area contributed by atoms with Gasteiger partial charge in [-0.2, -0.15) is 9.78 Å². The first-order valence-corrected chi connectivity index (χ1v) is 13.8. The molecule has 0 unspecified atom stereocenters. The first-order chi connectivity index (χ1) is 17.7. The highest BCUT2D eigenvalue weighted by Gasteiger charge is 2.17. The number of fused-ring (bicyclic) bond motifs is 1. The largest absolute Gasteiger partial charge is 0.493 e. The number of ether oxygens (including phenoxy) is 2. The number of hydrogen-bond donors (Lipinski definition) is 0. The fourth-order valence-corrected chi connectivity index (χ4v) is 4.96. The molecule has 4 aromatic rings. The number of halogens is 4. The minimum absolute atomic E-state index is 0.0118. The smallest absolute Gasteiger partial charge is 0.282 e. The van der Waals surface area contributed by atoms with Crippen LogP contribution in [0.4, 0.5) is 0 Å². The summed E-state index contributed by atoms with van der Waals surface area (Å²) in [6.45, 7) is 4.24. The molecule has 1 heterocycles. The molecule has 1 atom stereocenters. The third-order valence-corrected chi connectivity index (χ3v) is 7.39. The van der Waals surface area contributed by atoms with Crippen LogP contribution in [-0.2, 0) is 6.61 Å². The van der Waals surface area contributed by atoms with Crippen molar-refractivity contribution >= 4 is 72.2 Å². The molecular formula is C27H23Br2Cl2N3O3. The number of benzene rings is 3. The van der Waals surface area contributed by atoms with Crippen LogP contribution in [-0.4, -0.2) is 23.0 Å². The summed E-state index contributed by atoms with van der Waals surface area (Å²) < 4.78 is 14.6. The highest BCUT2D eigenvalue weighted by molar-refractivity contribution is 9.10. The molecule has 6 nitrogen and oxygen atoms in total. The van der Waals surface area contributed by atoms with Crippen LogP contribution in [0.25, 0.3) is 10.9 Å². The van der Waals surface area contributed by atoms with Gasteiger partial charge in [0.15, 0.2) is 11.5 Å². The van der Waals surface area contributed by atoms with E-state index >= 15 is 0 Å². The Morgan fingerprint density at radius 1 is 1.11 bits per heavy atom. The lowest BCUT2D eigenvalue weighted by molar-refractivity contribution is 0.284. The van der Waals surface area contributed by atoms with Gasteiger partial charge in [0.2, 0.25) is 0 Å². The van der Waals surface area contributed by atoms with Crippen molar-refractivity contribution in [3.8, 4) is 11.5 Å². The second-order valence-electron chi connectivity index (χ2n) is 8.35. The van der Waals surface area contributed by atoms with Gasteiger partial charge in [-0.3, -0.25) is 4.79 Å². The van der Waals surface area contributed by atoms with Gasteiger partial charge >= 0.3 is 0 Å². The van der Waals surface area contributed by atoms with Crippen LogP contribution in [0.5, 0.6) is 11.5 Å². The van der Waals surface area contributed by atoms with Crippen LogP contribution in [0.1, 0.15) is 43.1 Å². The van der Waals surface area contributed by atoms with Crippen molar-refractivity contribution in [3.05, 3.63) is 94.8 Å². The second-order valence-corrected chi connectivity index (χ2v) is 11.0. The number of methoxy groups -OCH3 is 1. The average Bonchev–Trinajstić information content (AvgIpc) is 2.87. The van der Waals surface area contributed by atoms with Crippen LogP contribution in [0, 0.1) is 0 Å². The third kappa shape index (κ3) is 6.20. The monoisotopic (exact) mass is 665 g/mol. The zero-order valence-corrected chi connectivity index (χ0v) is 24.9. The molecule has 0 bridgehead atoms. The van der Waals surface area contributed by atoms with Crippen molar-refractivity contribution in [2.45, 2.75) is 32.8 Å². The molecule has 0 spiro atoms. The van der Waals surface area contributed by atoms with E-state index < -0.39 is 0 Å². The van der Waals surface area contributed by atoms with E-state index in [0.29, 0.717) is 43.8 Å². The van der Waals surface area contributed by atoms with Gasteiger partial charge in [0.25, 0.3) is 5.56 Å². The molecule has 10 heteroatoms. The Balaban J connectivity index is 1.80. The van der Waals surface area contributed by atoms with E-state index in [1.165, 1.54) is 4.68 Å². The van der Waals surface area contributed by atoms with Crippen LogP contribution in [0.3, 0.4) is 0 Å². The first kappa shape index (κ1) is 27.6. The van der Waals surface area contributed by atoms with Crippen molar-refractivity contribution in [2.24, 2.45) is 5.10 Å². The fourth-order valence-electron chi connectivity index (χ4n) is 3.68. The molecule has 3 aromatic carbocycles. The van der Waals surface area contributed by atoms with Gasteiger partial charge in [-0.1, -0.05) is 75.0 Å². The van der Waals surface area contributed by atoms with E-state index in [4.69, 9.17) is 37.7 Å². The summed E-state index contributed by atoms with van der Waals surface area (Å²) in [5.41, 5.74) is 1.74. The van der Waals surface area contributed by atoms with Gasteiger partial charge < -0.3 is 9.47 Å². The summed E-state index contributed by atoms with van der Waals surface area (Å²) >= 11 is 19.3. The molecule has 0 radical (unpaired) electrons. The third-order valence-electron chi connectivity index (χ3n) is 5.85. The lowest BCUT2D eigenvalue weighted by Crippen LogP contribution is -2.23. The Morgan fingerprint density at radius 2 is 1.89 bits per heavy atom. The molecule has 192 valence electrons. The van der Waals surface area contributed by atoms with Gasteiger partial charge in [0, 0.05) is 36.0 Å². The average molecular weight is 668 g/mol. The molecule has 4 rings (SSSR count). The molecule has 1 aromatic heterocycles. The zero-order valence-electron chi connectivity index (χ0n) is 20.3. The van der Waals surface area contributed by atoms with Crippen molar-refractivity contribution in [1.82, 2.24) is 9.66 Å². The molecule has 0 saturated heterocycles. The summed E-state index contributed by atoms with van der Waals surface area (Å²) in [5, 5.41) is 6.10. The van der Waals surface area contributed by atoms with Crippen LogP contribution in [0.2, 0.25) is 10.0 Å². The van der Waals surface area contributed by atoms with E-state index in [0.717, 1.165) is 20.9 Å². The summed E-state index contributed by atoms with van der Waals surface area (Å²) in [6, 6.07) is 14.3. The molecule has 0 aliphatic carbocycles. The highest BCUT2D eigenvalue weighted by atomic mass is 79.9. The molecule has 0 aliphatic rings. The number of aromatic nitrogens is 2. The Bertz CT molecular complexity index is 1560. The van der Waals surface area contributed by atoms with E-state index in [1.54, 1.807) is 43.7 Å². The van der Waals surface area contributed by atoms with Crippen molar-refractivity contribution in [1.29, 1.82) is 0 Å². The summed E-state index contributed by atoms with van der Waals surface area (Å²) in [7, 11) is 1.56. The zero-order chi connectivity index (χ0) is 26.7. The maximum Gasteiger partial charge on any atom is 0.282 e. The van der Waals surface area contributed by atoms with Gasteiger partial charge in [0.1, 0.15) is 12.4 Å².